The maximum Gasteiger partial charge on any atom is 0.391 e. The van der Waals surface area contributed by atoms with Gasteiger partial charge in [0.05, 0.1) is 0 Å². The highest BCUT2D eigenvalue weighted by Crippen LogP contribution is 1.91. The van der Waals surface area contributed by atoms with Crippen molar-refractivity contribution in [3.63, 3.8) is 0 Å². The monoisotopic (exact) mass is 157 g/mol. The van der Waals surface area contributed by atoms with Crippen molar-refractivity contribution in [2.45, 2.75) is 6.92 Å². The normalized spacial score (nSPS) is 7.45. The molecule has 0 bridgehead atoms. The van der Waals surface area contributed by atoms with Gasteiger partial charge in [-0.3, -0.25) is 0 Å². The first-order valence-electron chi connectivity index (χ1n) is 2.83. The summed E-state index contributed by atoms with van der Waals surface area (Å²) in [5.74, 6) is 0. The van der Waals surface area contributed by atoms with Crippen LogP contribution in [0.15, 0.2) is 24.3 Å². The number of hydrogen-bond donors (Lipinski definition) is 0. The summed E-state index contributed by atoms with van der Waals surface area (Å²) in [7, 11) is 0.597. The molecule has 0 heterocycles. The molecule has 1 aromatic rings. The third kappa shape index (κ3) is 3.75. The van der Waals surface area contributed by atoms with Gasteiger partial charge in [-0.05, 0) is 12.4 Å². The standard InChI is InChI=1S/C7H7BF.2H2O/c1-6-2-4-7(8-9)5-3-6;;/h2-5H,1H3;2*1H2. The van der Waals surface area contributed by atoms with Gasteiger partial charge in [-0.15, -0.1) is 0 Å². The molecule has 0 saturated carbocycles. The van der Waals surface area contributed by atoms with E-state index in [0.29, 0.717) is 13.0 Å². The van der Waals surface area contributed by atoms with Gasteiger partial charge < -0.3 is 15.3 Å². The highest BCUT2D eigenvalue weighted by Gasteiger charge is 1.91. The van der Waals surface area contributed by atoms with Crippen molar-refractivity contribution in [3.05, 3.63) is 29.8 Å². The van der Waals surface area contributed by atoms with E-state index >= 15 is 0 Å². The van der Waals surface area contributed by atoms with E-state index in [-0.39, 0.29) is 11.0 Å². The van der Waals surface area contributed by atoms with Crippen LogP contribution >= 0.6 is 0 Å². The number of hydrogen-bond acceptors (Lipinski definition) is 0. The van der Waals surface area contributed by atoms with Crippen LogP contribution < -0.4 is 5.46 Å². The van der Waals surface area contributed by atoms with E-state index < -0.39 is 0 Å². The molecule has 4 N–H and O–H groups in total. The van der Waals surface area contributed by atoms with Crippen molar-refractivity contribution in [1.29, 1.82) is 0 Å². The van der Waals surface area contributed by atoms with Crippen LogP contribution in [0.5, 0.6) is 0 Å². The Morgan fingerprint density at radius 1 is 1.09 bits per heavy atom. The third-order valence-corrected chi connectivity index (χ3v) is 1.20. The summed E-state index contributed by atoms with van der Waals surface area (Å²) in [6.45, 7) is 1.97. The molecule has 2 nitrogen and oxygen atoms in total. The van der Waals surface area contributed by atoms with Gasteiger partial charge in [-0.2, -0.15) is 0 Å². The van der Waals surface area contributed by atoms with Crippen molar-refractivity contribution in [3.8, 4) is 0 Å². The van der Waals surface area contributed by atoms with Crippen molar-refractivity contribution >= 4 is 13.0 Å². The van der Waals surface area contributed by atoms with Crippen LogP contribution in [-0.2, 0) is 0 Å². The van der Waals surface area contributed by atoms with E-state index in [2.05, 4.69) is 0 Å². The van der Waals surface area contributed by atoms with E-state index in [0.717, 1.165) is 5.56 Å². The molecule has 0 atom stereocenters. The van der Waals surface area contributed by atoms with Gasteiger partial charge in [-0.25, -0.2) is 0 Å². The molecule has 11 heavy (non-hydrogen) atoms. The Labute approximate surface area is 66.0 Å². The van der Waals surface area contributed by atoms with E-state index in [9.17, 15) is 4.32 Å². The summed E-state index contributed by atoms with van der Waals surface area (Å²) in [6.07, 6.45) is 0. The molecule has 0 amide bonds. The first-order chi connectivity index (χ1) is 4.33. The largest absolute Gasteiger partial charge is 0.412 e. The minimum atomic E-state index is 0. The number of aryl methyl sites for hydroxylation is 1. The van der Waals surface area contributed by atoms with Crippen LogP contribution in [0.3, 0.4) is 0 Å². The first-order valence-corrected chi connectivity index (χ1v) is 2.83. The molecule has 0 unspecified atom stereocenters. The highest BCUT2D eigenvalue weighted by molar-refractivity contribution is 6.46. The van der Waals surface area contributed by atoms with E-state index in [1.54, 1.807) is 12.1 Å². The second-order valence-electron chi connectivity index (χ2n) is 2.02. The molecule has 0 aromatic heterocycles. The fourth-order valence-corrected chi connectivity index (χ4v) is 0.639. The molecule has 0 aliphatic rings. The molecule has 61 valence electrons. The van der Waals surface area contributed by atoms with Gasteiger partial charge in [0, 0.05) is 0 Å². The Bertz CT molecular complexity index is 188. The van der Waals surface area contributed by atoms with Crippen LogP contribution in [-0.4, -0.2) is 18.5 Å². The molecule has 4 heteroatoms. The van der Waals surface area contributed by atoms with Crippen LogP contribution in [0.25, 0.3) is 0 Å². The van der Waals surface area contributed by atoms with Crippen molar-refractivity contribution in [1.82, 2.24) is 0 Å². The molecular weight excluding hydrogens is 146 g/mol. The molecule has 0 aliphatic carbocycles. The van der Waals surface area contributed by atoms with Gasteiger partial charge >= 0.3 is 7.56 Å². The predicted molar refractivity (Wildman–Crippen MR) is 44.9 cm³/mol. The fraction of sp³-hybridized carbons (Fsp3) is 0.143. The second kappa shape index (κ2) is 5.89. The predicted octanol–water partition coefficient (Wildman–Crippen LogP) is -0.440. The van der Waals surface area contributed by atoms with Gasteiger partial charge in [0.15, 0.2) is 0 Å². The van der Waals surface area contributed by atoms with Crippen molar-refractivity contribution < 1.29 is 15.3 Å². The third-order valence-electron chi connectivity index (χ3n) is 1.20. The zero-order valence-electron chi connectivity index (χ0n) is 6.26. The Morgan fingerprint density at radius 3 is 1.91 bits per heavy atom. The Morgan fingerprint density at radius 2 is 1.55 bits per heavy atom. The van der Waals surface area contributed by atoms with E-state index in [4.69, 9.17) is 0 Å². The lowest BCUT2D eigenvalue weighted by Crippen LogP contribution is -2.07. The van der Waals surface area contributed by atoms with Crippen LogP contribution in [0.1, 0.15) is 5.56 Å². The summed E-state index contributed by atoms with van der Waals surface area (Å²) in [6, 6.07) is 7.25. The first kappa shape index (κ1) is 12.8. The lowest BCUT2D eigenvalue weighted by Gasteiger charge is -1.91. The molecule has 1 aromatic carbocycles. The Hall–Kier alpha value is -0.865. The van der Waals surface area contributed by atoms with Gasteiger partial charge in [0.25, 0.3) is 0 Å². The maximum atomic E-state index is 11.7. The minimum absolute atomic E-state index is 0. The molecule has 0 fully saturated rings. The van der Waals surface area contributed by atoms with Gasteiger partial charge in [0.1, 0.15) is 0 Å². The minimum Gasteiger partial charge on any atom is -0.412 e. The lowest BCUT2D eigenvalue weighted by atomic mass is 9.91. The van der Waals surface area contributed by atoms with Gasteiger partial charge in [-0.1, -0.05) is 29.8 Å². The number of rotatable bonds is 1. The van der Waals surface area contributed by atoms with Crippen LogP contribution in [0.4, 0.5) is 4.32 Å². The Kier molecular flexibility index (Phi) is 6.84. The summed E-state index contributed by atoms with van der Waals surface area (Å²) < 4.78 is 11.7. The average molecular weight is 157 g/mol. The second-order valence-corrected chi connectivity index (χ2v) is 2.02. The number of halogens is 1. The topological polar surface area (TPSA) is 63.0 Å². The summed E-state index contributed by atoms with van der Waals surface area (Å²) in [5.41, 5.74) is 1.78. The summed E-state index contributed by atoms with van der Waals surface area (Å²) in [5, 5.41) is 0. The molecular formula is C7H11BFO2. The maximum absolute atomic E-state index is 11.7. The fourth-order valence-electron chi connectivity index (χ4n) is 0.639. The highest BCUT2D eigenvalue weighted by atomic mass is 19.1. The molecule has 1 rings (SSSR count). The average Bonchev–Trinajstić information content (AvgIpc) is 1.90. The van der Waals surface area contributed by atoms with E-state index in [1.807, 2.05) is 19.1 Å². The summed E-state index contributed by atoms with van der Waals surface area (Å²) in [4.78, 5) is 0. The van der Waals surface area contributed by atoms with Crippen molar-refractivity contribution in [2.24, 2.45) is 0 Å². The Balaban J connectivity index is 0. The SMILES string of the molecule is Cc1ccc([B]F)cc1.O.O. The van der Waals surface area contributed by atoms with E-state index in [1.165, 1.54) is 0 Å². The zero-order valence-corrected chi connectivity index (χ0v) is 6.26. The number of benzene rings is 1. The van der Waals surface area contributed by atoms with Crippen LogP contribution in [0, 0.1) is 6.92 Å². The van der Waals surface area contributed by atoms with Gasteiger partial charge in [0.2, 0.25) is 0 Å². The zero-order chi connectivity index (χ0) is 6.69. The molecule has 1 radical (unpaired) electrons. The molecule has 0 spiro atoms. The van der Waals surface area contributed by atoms with Crippen LogP contribution in [0.2, 0.25) is 0 Å². The molecule has 0 aliphatic heterocycles. The lowest BCUT2D eigenvalue weighted by molar-refractivity contribution is 0.823. The molecule has 0 saturated heterocycles. The smallest absolute Gasteiger partial charge is 0.391 e. The summed E-state index contributed by atoms with van der Waals surface area (Å²) >= 11 is 0. The van der Waals surface area contributed by atoms with Crippen molar-refractivity contribution in [2.75, 3.05) is 0 Å². The quantitative estimate of drug-likeness (QED) is 0.496.